The fourth-order valence-corrected chi connectivity index (χ4v) is 1.92. The van der Waals surface area contributed by atoms with Crippen LogP contribution >= 0.6 is 23.2 Å². The Morgan fingerprint density at radius 1 is 1.15 bits per heavy atom. The van der Waals surface area contributed by atoms with Crippen LogP contribution in [-0.2, 0) is 0 Å². The van der Waals surface area contributed by atoms with Crippen molar-refractivity contribution in [3.8, 4) is 5.75 Å². The maximum atomic E-state index is 13.3. The van der Waals surface area contributed by atoms with Crippen LogP contribution in [0.1, 0.15) is 10.4 Å². The van der Waals surface area contributed by atoms with Crippen molar-refractivity contribution in [1.82, 2.24) is 0 Å². The molecular weight excluding hydrogens is 309 g/mol. The van der Waals surface area contributed by atoms with Crippen molar-refractivity contribution in [1.29, 1.82) is 0 Å². The number of carbonyl (C=O) groups is 1. The second-order valence-corrected chi connectivity index (χ2v) is 4.73. The lowest BCUT2D eigenvalue weighted by atomic mass is 10.1. The normalized spacial score (nSPS) is 10.4. The first-order valence-electron chi connectivity index (χ1n) is 5.54. The van der Waals surface area contributed by atoms with Crippen LogP contribution < -0.4 is 4.74 Å². The second kappa shape index (κ2) is 6.20. The monoisotopic (exact) mass is 316 g/mol. The number of hydrogen-bond acceptors (Lipinski definition) is 2. The molecule has 0 saturated carbocycles. The van der Waals surface area contributed by atoms with Crippen LogP contribution in [0.3, 0.4) is 0 Å². The molecule has 0 unspecified atom stereocenters. The van der Waals surface area contributed by atoms with Gasteiger partial charge in [-0.25, -0.2) is 4.39 Å². The van der Waals surface area contributed by atoms with E-state index in [0.29, 0.717) is 5.02 Å². The fourth-order valence-electron chi connectivity index (χ4n) is 1.53. The van der Waals surface area contributed by atoms with Crippen LogP contribution in [0, 0.1) is 11.6 Å². The molecule has 104 valence electrons. The number of carbonyl (C=O) groups excluding carboxylic acids is 1. The largest absolute Gasteiger partial charge is 0.482 e. The Morgan fingerprint density at radius 2 is 1.90 bits per heavy atom. The van der Waals surface area contributed by atoms with Gasteiger partial charge in [-0.2, -0.15) is 4.39 Å². The minimum Gasteiger partial charge on any atom is -0.482 e. The molecule has 0 aliphatic heterocycles. The molecule has 0 spiro atoms. The topological polar surface area (TPSA) is 26.3 Å². The molecular formula is C14H8Cl2F2O2. The van der Waals surface area contributed by atoms with Gasteiger partial charge in [0.05, 0.1) is 5.02 Å². The maximum Gasteiger partial charge on any atom is 0.201 e. The Kier molecular flexibility index (Phi) is 4.57. The number of halogens is 4. The van der Waals surface area contributed by atoms with Crippen molar-refractivity contribution in [2.75, 3.05) is 6.61 Å². The zero-order chi connectivity index (χ0) is 14.7. The molecule has 2 aromatic rings. The summed E-state index contributed by atoms with van der Waals surface area (Å²) in [7, 11) is 0. The molecule has 0 heterocycles. The van der Waals surface area contributed by atoms with E-state index in [1.165, 1.54) is 30.3 Å². The summed E-state index contributed by atoms with van der Waals surface area (Å²) in [5, 5.41) is 0.553. The minimum absolute atomic E-state index is 0.163. The lowest BCUT2D eigenvalue weighted by molar-refractivity contribution is 0.0918. The van der Waals surface area contributed by atoms with Crippen LogP contribution in [0.4, 0.5) is 8.78 Å². The molecule has 6 heteroatoms. The van der Waals surface area contributed by atoms with E-state index in [1.807, 2.05) is 0 Å². The first-order chi connectivity index (χ1) is 9.49. The number of hydrogen-bond donors (Lipinski definition) is 0. The molecule has 2 rings (SSSR count). The van der Waals surface area contributed by atoms with E-state index < -0.39 is 24.0 Å². The maximum absolute atomic E-state index is 13.3. The fraction of sp³-hybridized carbons (Fsp3) is 0.0714. The highest BCUT2D eigenvalue weighted by Gasteiger charge is 2.14. The number of ketones is 1. The summed E-state index contributed by atoms with van der Waals surface area (Å²) < 4.78 is 31.3. The summed E-state index contributed by atoms with van der Waals surface area (Å²) in [5.41, 5.74) is 0.163. The summed E-state index contributed by atoms with van der Waals surface area (Å²) in [6.45, 7) is -0.472. The third kappa shape index (κ3) is 3.26. The van der Waals surface area contributed by atoms with Crippen LogP contribution in [0.2, 0.25) is 10.0 Å². The first kappa shape index (κ1) is 14.8. The highest BCUT2D eigenvalue weighted by Crippen LogP contribution is 2.23. The Balaban J connectivity index is 2.13. The molecule has 20 heavy (non-hydrogen) atoms. The Hall–Kier alpha value is -1.65. The molecule has 0 radical (unpaired) electrons. The molecule has 0 fully saturated rings. The van der Waals surface area contributed by atoms with Gasteiger partial charge in [-0.3, -0.25) is 4.79 Å². The zero-order valence-corrected chi connectivity index (χ0v) is 11.5. The number of ether oxygens (including phenoxy) is 1. The smallest absolute Gasteiger partial charge is 0.201 e. The second-order valence-electron chi connectivity index (χ2n) is 3.89. The Morgan fingerprint density at radius 3 is 2.65 bits per heavy atom. The van der Waals surface area contributed by atoms with Gasteiger partial charge in [0.2, 0.25) is 11.6 Å². The average molecular weight is 317 g/mol. The van der Waals surface area contributed by atoms with Crippen molar-refractivity contribution in [3.05, 3.63) is 63.6 Å². The lowest BCUT2D eigenvalue weighted by Gasteiger charge is -2.08. The summed E-state index contributed by atoms with van der Waals surface area (Å²) >= 11 is 11.6. The van der Waals surface area contributed by atoms with Gasteiger partial charge in [0.25, 0.3) is 0 Å². The highest BCUT2D eigenvalue weighted by molar-refractivity contribution is 6.35. The molecule has 0 bridgehead atoms. The van der Waals surface area contributed by atoms with Crippen LogP contribution in [0.15, 0.2) is 36.4 Å². The summed E-state index contributed by atoms with van der Waals surface area (Å²) in [6, 6.07) is 7.86. The van der Waals surface area contributed by atoms with Crippen molar-refractivity contribution >= 4 is 29.0 Å². The van der Waals surface area contributed by atoms with E-state index in [0.717, 1.165) is 6.07 Å². The molecule has 0 amide bonds. The van der Waals surface area contributed by atoms with E-state index in [2.05, 4.69) is 0 Å². The van der Waals surface area contributed by atoms with Gasteiger partial charge in [-0.1, -0.05) is 29.3 Å². The zero-order valence-electron chi connectivity index (χ0n) is 10.00. The van der Waals surface area contributed by atoms with Crippen LogP contribution in [-0.4, -0.2) is 12.4 Å². The summed E-state index contributed by atoms with van der Waals surface area (Å²) in [4.78, 5) is 11.9. The van der Waals surface area contributed by atoms with Crippen molar-refractivity contribution in [2.24, 2.45) is 0 Å². The van der Waals surface area contributed by atoms with E-state index in [1.54, 1.807) is 0 Å². The van der Waals surface area contributed by atoms with Crippen LogP contribution in [0.5, 0.6) is 5.75 Å². The number of rotatable bonds is 4. The van der Waals surface area contributed by atoms with E-state index in [-0.39, 0.29) is 16.3 Å². The molecule has 0 N–H and O–H groups in total. The first-order valence-corrected chi connectivity index (χ1v) is 6.29. The lowest BCUT2D eigenvalue weighted by Crippen LogP contribution is -2.13. The van der Waals surface area contributed by atoms with Gasteiger partial charge in [0.15, 0.2) is 18.2 Å². The van der Waals surface area contributed by atoms with E-state index in [9.17, 15) is 13.6 Å². The van der Waals surface area contributed by atoms with Gasteiger partial charge in [-0.15, -0.1) is 0 Å². The highest BCUT2D eigenvalue weighted by atomic mass is 35.5. The third-order valence-electron chi connectivity index (χ3n) is 2.50. The average Bonchev–Trinajstić information content (AvgIpc) is 2.43. The van der Waals surface area contributed by atoms with Gasteiger partial charge < -0.3 is 4.74 Å². The van der Waals surface area contributed by atoms with Gasteiger partial charge in [0.1, 0.15) is 0 Å². The minimum atomic E-state index is -1.14. The molecule has 0 aliphatic carbocycles. The molecule has 0 saturated heterocycles. The summed E-state index contributed by atoms with van der Waals surface area (Å²) in [5.74, 6) is -3.01. The predicted molar refractivity (Wildman–Crippen MR) is 72.6 cm³/mol. The standard InChI is InChI=1S/C14H8Cl2F2O2/c15-8-4-5-10(16)9(6-8)12(19)7-20-13-3-1-2-11(17)14(13)18/h1-6H,7H2. The molecule has 2 nitrogen and oxygen atoms in total. The summed E-state index contributed by atoms with van der Waals surface area (Å²) in [6.07, 6.45) is 0. The van der Waals surface area contributed by atoms with Gasteiger partial charge in [-0.05, 0) is 30.3 Å². The number of Topliss-reactive ketones (excluding diaryl/α,β-unsaturated/α-hetero) is 1. The SMILES string of the molecule is O=C(COc1cccc(F)c1F)c1cc(Cl)ccc1Cl. The van der Waals surface area contributed by atoms with Gasteiger partial charge >= 0.3 is 0 Å². The molecule has 0 atom stereocenters. The van der Waals surface area contributed by atoms with Crippen molar-refractivity contribution in [2.45, 2.75) is 0 Å². The van der Waals surface area contributed by atoms with Crippen LogP contribution in [0.25, 0.3) is 0 Å². The molecule has 0 aromatic heterocycles. The van der Waals surface area contributed by atoms with E-state index >= 15 is 0 Å². The molecule has 0 aliphatic rings. The predicted octanol–water partition coefficient (Wildman–Crippen LogP) is 4.53. The third-order valence-corrected chi connectivity index (χ3v) is 3.07. The van der Waals surface area contributed by atoms with Crippen molar-refractivity contribution in [3.63, 3.8) is 0 Å². The van der Waals surface area contributed by atoms with E-state index in [4.69, 9.17) is 27.9 Å². The quantitative estimate of drug-likeness (QED) is 0.774. The Bertz CT molecular complexity index is 660. The molecule has 2 aromatic carbocycles. The Labute approximate surface area is 123 Å². The van der Waals surface area contributed by atoms with Crippen molar-refractivity contribution < 1.29 is 18.3 Å². The number of benzene rings is 2. The van der Waals surface area contributed by atoms with Gasteiger partial charge in [0, 0.05) is 10.6 Å².